The number of amides is 1. The van der Waals surface area contributed by atoms with Crippen molar-refractivity contribution in [2.75, 3.05) is 20.2 Å². The van der Waals surface area contributed by atoms with Crippen LogP contribution in [0.3, 0.4) is 0 Å². The number of hydrogen-bond acceptors (Lipinski definition) is 4. The Balaban J connectivity index is 2.07. The molecule has 0 aromatic heterocycles. The van der Waals surface area contributed by atoms with Gasteiger partial charge in [0, 0.05) is 20.2 Å². The van der Waals surface area contributed by atoms with Crippen molar-refractivity contribution in [3.63, 3.8) is 0 Å². The second-order valence-electron chi connectivity index (χ2n) is 6.85. The van der Waals surface area contributed by atoms with Gasteiger partial charge in [0.05, 0.1) is 17.2 Å². The van der Waals surface area contributed by atoms with E-state index in [4.69, 9.17) is 14.7 Å². The monoisotopic (exact) mass is 316 g/mol. The number of ether oxygens (including phenoxy) is 2. The quantitative estimate of drug-likeness (QED) is 0.838. The molecule has 124 valence electrons. The second kappa shape index (κ2) is 6.59. The number of carbonyl (C=O) groups excluding carboxylic acids is 1. The Morgan fingerprint density at radius 1 is 1.22 bits per heavy atom. The zero-order valence-corrected chi connectivity index (χ0v) is 14.3. The Morgan fingerprint density at radius 2 is 1.78 bits per heavy atom. The molecule has 0 bridgehead atoms. The van der Waals surface area contributed by atoms with E-state index in [9.17, 15) is 4.79 Å². The molecule has 5 nitrogen and oxygen atoms in total. The fraction of sp³-hybridized carbons (Fsp3) is 0.556. The largest absolute Gasteiger partial charge is 0.444 e. The molecular formula is C18H24N2O3. The molecule has 0 N–H and O–H groups in total. The minimum atomic E-state index is -0.486. The Bertz CT molecular complexity index is 588. The number of methoxy groups -OCH3 is 1. The van der Waals surface area contributed by atoms with Crippen LogP contribution < -0.4 is 0 Å². The summed E-state index contributed by atoms with van der Waals surface area (Å²) in [6.45, 7) is 6.77. The summed E-state index contributed by atoms with van der Waals surface area (Å²) < 4.78 is 11.2. The first-order valence-corrected chi connectivity index (χ1v) is 7.83. The van der Waals surface area contributed by atoms with Gasteiger partial charge in [-0.1, -0.05) is 12.1 Å². The molecule has 0 atom stereocenters. The first kappa shape index (κ1) is 17.3. The summed E-state index contributed by atoms with van der Waals surface area (Å²) in [6.07, 6.45) is 1.13. The van der Waals surface area contributed by atoms with Gasteiger partial charge in [-0.25, -0.2) is 4.79 Å². The molecule has 1 fully saturated rings. The predicted octanol–water partition coefficient (Wildman–Crippen LogP) is 3.43. The Labute approximate surface area is 137 Å². The zero-order valence-electron chi connectivity index (χ0n) is 14.3. The summed E-state index contributed by atoms with van der Waals surface area (Å²) in [7, 11) is 1.70. The SMILES string of the molecule is COC1(c2ccc(C#N)cc2)CCN(C(=O)OC(C)(C)C)CC1. The van der Waals surface area contributed by atoms with E-state index in [1.165, 1.54) is 0 Å². The molecule has 1 saturated heterocycles. The lowest BCUT2D eigenvalue weighted by Gasteiger charge is -2.41. The van der Waals surface area contributed by atoms with Gasteiger partial charge >= 0.3 is 6.09 Å². The van der Waals surface area contributed by atoms with Gasteiger partial charge in [-0.15, -0.1) is 0 Å². The maximum absolute atomic E-state index is 12.2. The highest BCUT2D eigenvalue weighted by Crippen LogP contribution is 2.36. The number of rotatable bonds is 2. The molecule has 1 amide bonds. The molecule has 0 spiro atoms. The minimum Gasteiger partial charge on any atom is -0.444 e. The average Bonchev–Trinajstić information content (AvgIpc) is 2.53. The van der Waals surface area contributed by atoms with Crippen LogP contribution >= 0.6 is 0 Å². The van der Waals surface area contributed by atoms with Gasteiger partial charge in [-0.05, 0) is 51.3 Å². The lowest BCUT2D eigenvalue weighted by Crippen LogP contribution is -2.47. The third kappa shape index (κ3) is 4.02. The highest BCUT2D eigenvalue weighted by molar-refractivity contribution is 5.68. The molecule has 1 heterocycles. The van der Waals surface area contributed by atoms with Crippen LogP contribution in [0.15, 0.2) is 24.3 Å². The van der Waals surface area contributed by atoms with Gasteiger partial charge in [0.2, 0.25) is 0 Å². The van der Waals surface area contributed by atoms with Crippen molar-refractivity contribution in [1.29, 1.82) is 5.26 Å². The highest BCUT2D eigenvalue weighted by Gasteiger charge is 2.38. The van der Waals surface area contributed by atoms with Gasteiger partial charge in [0.25, 0.3) is 0 Å². The lowest BCUT2D eigenvalue weighted by atomic mass is 9.84. The van der Waals surface area contributed by atoms with E-state index >= 15 is 0 Å². The van der Waals surface area contributed by atoms with Gasteiger partial charge < -0.3 is 14.4 Å². The molecular weight excluding hydrogens is 292 g/mol. The van der Waals surface area contributed by atoms with Crippen molar-refractivity contribution in [2.45, 2.75) is 44.8 Å². The van der Waals surface area contributed by atoms with Crippen molar-refractivity contribution < 1.29 is 14.3 Å². The molecule has 1 aliphatic rings. The van der Waals surface area contributed by atoms with E-state index in [-0.39, 0.29) is 6.09 Å². The summed E-state index contributed by atoms with van der Waals surface area (Å²) in [5.41, 5.74) is 0.779. The lowest BCUT2D eigenvalue weighted by molar-refractivity contribution is -0.0650. The van der Waals surface area contributed by atoms with Crippen molar-refractivity contribution in [1.82, 2.24) is 4.90 Å². The molecule has 5 heteroatoms. The number of benzene rings is 1. The van der Waals surface area contributed by atoms with Crippen molar-refractivity contribution in [3.05, 3.63) is 35.4 Å². The highest BCUT2D eigenvalue weighted by atomic mass is 16.6. The summed E-state index contributed by atoms with van der Waals surface area (Å²) in [5, 5.41) is 8.91. The van der Waals surface area contributed by atoms with Crippen LogP contribution in [-0.2, 0) is 15.1 Å². The molecule has 0 aliphatic carbocycles. The van der Waals surface area contributed by atoms with Gasteiger partial charge in [-0.3, -0.25) is 0 Å². The molecule has 0 saturated carbocycles. The fourth-order valence-corrected chi connectivity index (χ4v) is 2.84. The van der Waals surface area contributed by atoms with Crippen LogP contribution in [0, 0.1) is 11.3 Å². The maximum Gasteiger partial charge on any atom is 0.410 e. The van der Waals surface area contributed by atoms with Crippen molar-refractivity contribution in [2.24, 2.45) is 0 Å². The van der Waals surface area contributed by atoms with E-state index in [2.05, 4.69) is 6.07 Å². The normalized spacial score (nSPS) is 17.4. The molecule has 1 aromatic carbocycles. The molecule has 23 heavy (non-hydrogen) atoms. The zero-order chi connectivity index (χ0) is 17.1. The molecule has 1 aliphatic heterocycles. The number of carbonyl (C=O) groups is 1. The maximum atomic E-state index is 12.2. The Hall–Kier alpha value is -2.06. The van der Waals surface area contributed by atoms with Crippen LogP contribution in [0.4, 0.5) is 4.79 Å². The summed E-state index contributed by atoms with van der Waals surface area (Å²) in [4.78, 5) is 13.9. The number of hydrogen-bond donors (Lipinski definition) is 0. The van der Waals surface area contributed by atoms with Crippen LogP contribution in [0.1, 0.15) is 44.7 Å². The topological polar surface area (TPSA) is 62.6 Å². The van der Waals surface area contributed by atoms with E-state index in [1.807, 2.05) is 32.9 Å². The molecule has 2 rings (SSSR count). The predicted molar refractivity (Wildman–Crippen MR) is 86.9 cm³/mol. The number of nitrogens with zero attached hydrogens (tertiary/aromatic N) is 2. The summed E-state index contributed by atoms with van der Waals surface area (Å²) in [6, 6.07) is 9.60. The van der Waals surface area contributed by atoms with E-state index in [0.29, 0.717) is 31.5 Å². The summed E-state index contributed by atoms with van der Waals surface area (Å²) in [5.74, 6) is 0. The van der Waals surface area contributed by atoms with Crippen LogP contribution in [0.5, 0.6) is 0 Å². The molecule has 0 radical (unpaired) electrons. The molecule has 0 unspecified atom stereocenters. The average molecular weight is 316 g/mol. The van der Waals surface area contributed by atoms with Gasteiger partial charge in [-0.2, -0.15) is 5.26 Å². The fourth-order valence-electron chi connectivity index (χ4n) is 2.84. The minimum absolute atomic E-state index is 0.276. The number of likely N-dealkylation sites (tertiary alicyclic amines) is 1. The van der Waals surface area contributed by atoms with Crippen LogP contribution in [0.25, 0.3) is 0 Å². The third-order valence-electron chi connectivity index (χ3n) is 4.15. The first-order chi connectivity index (χ1) is 10.8. The van der Waals surface area contributed by atoms with Gasteiger partial charge in [0.15, 0.2) is 0 Å². The van der Waals surface area contributed by atoms with Crippen LogP contribution in [0.2, 0.25) is 0 Å². The van der Waals surface area contributed by atoms with E-state index in [1.54, 1.807) is 24.1 Å². The Morgan fingerprint density at radius 3 is 2.22 bits per heavy atom. The number of piperidine rings is 1. The standard InChI is InChI=1S/C18H24N2O3/c1-17(2,3)23-16(21)20-11-9-18(22-4,10-12-20)15-7-5-14(13-19)6-8-15/h5-8H,9-12H2,1-4H3. The first-order valence-electron chi connectivity index (χ1n) is 7.83. The van der Waals surface area contributed by atoms with E-state index < -0.39 is 11.2 Å². The third-order valence-corrected chi connectivity index (χ3v) is 4.15. The summed E-state index contributed by atoms with van der Waals surface area (Å²) >= 11 is 0. The number of nitriles is 1. The van der Waals surface area contributed by atoms with Crippen molar-refractivity contribution >= 4 is 6.09 Å². The Kier molecular flexibility index (Phi) is 4.96. The van der Waals surface area contributed by atoms with E-state index in [0.717, 1.165) is 5.56 Å². The second-order valence-corrected chi connectivity index (χ2v) is 6.85. The van der Waals surface area contributed by atoms with Gasteiger partial charge in [0.1, 0.15) is 5.60 Å². The van der Waals surface area contributed by atoms with Crippen molar-refractivity contribution in [3.8, 4) is 6.07 Å². The van der Waals surface area contributed by atoms with Crippen LogP contribution in [-0.4, -0.2) is 36.8 Å². The molecule has 1 aromatic rings. The smallest absolute Gasteiger partial charge is 0.410 e.